The summed E-state index contributed by atoms with van der Waals surface area (Å²) in [6.07, 6.45) is 5.03. The zero-order valence-corrected chi connectivity index (χ0v) is 13.2. The Kier molecular flexibility index (Phi) is 6.02. The lowest BCUT2D eigenvalue weighted by Crippen LogP contribution is -2.46. The Morgan fingerprint density at radius 2 is 1.95 bits per heavy atom. The van der Waals surface area contributed by atoms with Gasteiger partial charge in [0.1, 0.15) is 0 Å². The van der Waals surface area contributed by atoms with E-state index >= 15 is 0 Å². The summed E-state index contributed by atoms with van der Waals surface area (Å²) >= 11 is 0. The van der Waals surface area contributed by atoms with Gasteiger partial charge in [-0.25, -0.2) is 0 Å². The molecule has 2 fully saturated rings. The van der Waals surface area contributed by atoms with E-state index in [2.05, 4.69) is 17.1 Å². The van der Waals surface area contributed by atoms with Crippen molar-refractivity contribution in [1.82, 2.24) is 10.2 Å². The van der Waals surface area contributed by atoms with Gasteiger partial charge in [0, 0.05) is 13.1 Å². The van der Waals surface area contributed by atoms with E-state index in [0.29, 0.717) is 38.1 Å². The van der Waals surface area contributed by atoms with Crippen LogP contribution in [0.2, 0.25) is 0 Å². The summed E-state index contributed by atoms with van der Waals surface area (Å²) in [5.41, 5.74) is -0.709. The van der Waals surface area contributed by atoms with E-state index < -0.39 is 11.6 Å². The van der Waals surface area contributed by atoms with Crippen molar-refractivity contribution in [3.63, 3.8) is 0 Å². The molecule has 0 aromatic rings. The number of hydrogen-bond donors (Lipinski definition) is 3. The van der Waals surface area contributed by atoms with Crippen molar-refractivity contribution in [2.24, 2.45) is 11.8 Å². The molecule has 0 aromatic carbocycles. The number of rotatable bonds is 7. The first-order valence-corrected chi connectivity index (χ1v) is 8.37. The molecule has 1 unspecified atom stereocenters. The van der Waals surface area contributed by atoms with Crippen LogP contribution in [0.1, 0.15) is 45.4 Å². The Hall–Kier alpha value is -0.650. The molecule has 1 heterocycles. The van der Waals surface area contributed by atoms with Gasteiger partial charge < -0.3 is 20.4 Å². The number of carbonyl (C=O) groups is 1. The highest BCUT2D eigenvalue weighted by Crippen LogP contribution is 2.31. The molecule has 122 valence electrons. The molecule has 0 bridgehead atoms. The molecule has 2 aliphatic rings. The van der Waals surface area contributed by atoms with Gasteiger partial charge in [-0.3, -0.25) is 4.79 Å². The average Bonchev–Trinajstić information content (AvgIpc) is 2.91. The Balaban J connectivity index is 1.62. The lowest BCUT2D eigenvalue weighted by atomic mass is 9.79. The second-order valence-electron chi connectivity index (χ2n) is 7.08. The molecular formula is C16H30N2O3. The van der Waals surface area contributed by atoms with Crippen LogP contribution in [0.3, 0.4) is 0 Å². The van der Waals surface area contributed by atoms with Gasteiger partial charge in [-0.1, -0.05) is 6.92 Å². The number of hydrogen-bond acceptors (Lipinski definition) is 4. The molecule has 1 saturated carbocycles. The van der Waals surface area contributed by atoms with Crippen molar-refractivity contribution in [2.45, 2.75) is 51.0 Å². The summed E-state index contributed by atoms with van der Waals surface area (Å²) in [6.45, 7) is 7.34. The standard InChI is InChI=1S/C16H30N2O3/c1-13(11-18-8-2-3-9-18)10-17-12-16(21)6-4-14(5-7-16)15(19)20/h13-14,17,21H,2-12H2,1H3,(H,19,20). The minimum Gasteiger partial charge on any atom is -0.481 e. The van der Waals surface area contributed by atoms with Gasteiger partial charge >= 0.3 is 5.97 Å². The lowest BCUT2D eigenvalue weighted by Gasteiger charge is -2.35. The molecule has 3 N–H and O–H groups in total. The lowest BCUT2D eigenvalue weighted by molar-refractivity contribution is -0.144. The van der Waals surface area contributed by atoms with E-state index in [1.54, 1.807) is 0 Å². The number of nitrogens with one attached hydrogen (secondary N) is 1. The molecule has 0 spiro atoms. The number of aliphatic hydroxyl groups is 1. The molecule has 0 radical (unpaired) electrons. The van der Waals surface area contributed by atoms with Gasteiger partial charge in [-0.05, 0) is 64.1 Å². The van der Waals surface area contributed by atoms with Gasteiger partial charge in [0.05, 0.1) is 11.5 Å². The molecule has 2 rings (SSSR count). The van der Waals surface area contributed by atoms with Crippen molar-refractivity contribution >= 4 is 5.97 Å². The van der Waals surface area contributed by atoms with Gasteiger partial charge in [-0.15, -0.1) is 0 Å². The van der Waals surface area contributed by atoms with Crippen molar-refractivity contribution in [1.29, 1.82) is 0 Å². The van der Waals surface area contributed by atoms with Crippen molar-refractivity contribution < 1.29 is 15.0 Å². The largest absolute Gasteiger partial charge is 0.481 e. The quantitative estimate of drug-likeness (QED) is 0.661. The maximum absolute atomic E-state index is 10.9. The zero-order valence-electron chi connectivity index (χ0n) is 13.2. The summed E-state index contributed by atoms with van der Waals surface area (Å²) in [7, 11) is 0. The molecule has 1 aliphatic carbocycles. The van der Waals surface area contributed by atoms with Gasteiger partial charge in [-0.2, -0.15) is 0 Å². The Labute approximate surface area is 127 Å². The molecule has 0 amide bonds. The van der Waals surface area contributed by atoms with E-state index in [9.17, 15) is 9.90 Å². The molecule has 21 heavy (non-hydrogen) atoms. The smallest absolute Gasteiger partial charge is 0.306 e. The average molecular weight is 298 g/mol. The minimum atomic E-state index is -0.718. The zero-order chi connectivity index (χ0) is 15.3. The monoisotopic (exact) mass is 298 g/mol. The van der Waals surface area contributed by atoms with Crippen LogP contribution in [-0.4, -0.2) is 59.4 Å². The van der Waals surface area contributed by atoms with E-state index in [4.69, 9.17) is 5.11 Å². The summed E-state index contributed by atoms with van der Waals surface area (Å²) < 4.78 is 0. The van der Waals surface area contributed by atoms with E-state index in [1.807, 2.05) is 0 Å². The number of nitrogens with zero attached hydrogens (tertiary/aromatic N) is 1. The first-order chi connectivity index (χ1) is 9.98. The highest BCUT2D eigenvalue weighted by molar-refractivity contribution is 5.70. The second-order valence-corrected chi connectivity index (χ2v) is 7.08. The SMILES string of the molecule is CC(CNCC1(O)CCC(C(=O)O)CC1)CN1CCCC1. The topological polar surface area (TPSA) is 72.8 Å². The van der Waals surface area contributed by atoms with Gasteiger partial charge in [0.15, 0.2) is 0 Å². The van der Waals surface area contributed by atoms with Crippen LogP contribution in [0, 0.1) is 11.8 Å². The molecule has 1 aliphatic heterocycles. The first-order valence-electron chi connectivity index (χ1n) is 8.37. The van der Waals surface area contributed by atoms with Crippen LogP contribution >= 0.6 is 0 Å². The van der Waals surface area contributed by atoms with Gasteiger partial charge in [0.2, 0.25) is 0 Å². The maximum Gasteiger partial charge on any atom is 0.306 e. The summed E-state index contributed by atoms with van der Waals surface area (Å²) in [5, 5.41) is 22.9. The Morgan fingerprint density at radius 3 is 2.52 bits per heavy atom. The van der Waals surface area contributed by atoms with Crippen molar-refractivity contribution in [2.75, 3.05) is 32.7 Å². The molecule has 5 nitrogen and oxygen atoms in total. The Morgan fingerprint density at radius 1 is 1.33 bits per heavy atom. The second kappa shape index (κ2) is 7.56. The van der Waals surface area contributed by atoms with Crippen LogP contribution in [0.4, 0.5) is 0 Å². The third-order valence-electron chi connectivity index (χ3n) is 4.98. The van der Waals surface area contributed by atoms with Crippen molar-refractivity contribution in [3.05, 3.63) is 0 Å². The van der Waals surface area contributed by atoms with Crippen LogP contribution in [0.5, 0.6) is 0 Å². The first kappa shape index (κ1) is 16.7. The highest BCUT2D eigenvalue weighted by atomic mass is 16.4. The molecule has 0 aromatic heterocycles. The van der Waals surface area contributed by atoms with Crippen LogP contribution < -0.4 is 5.32 Å². The minimum absolute atomic E-state index is 0.264. The predicted molar refractivity (Wildman–Crippen MR) is 82.3 cm³/mol. The summed E-state index contributed by atoms with van der Waals surface area (Å²) in [6, 6.07) is 0. The predicted octanol–water partition coefficient (Wildman–Crippen LogP) is 1.31. The fraction of sp³-hybridized carbons (Fsp3) is 0.938. The molecular weight excluding hydrogens is 268 g/mol. The third kappa shape index (κ3) is 5.24. The number of carboxylic acid groups (broad SMARTS) is 1. The number of aliphatic carboxylic acids is 1. The summed E-state index contributed by atoms with van der Waals surface area (Å²) in [4.78, 5) is 13.4. The van der Waals surface area contributed by atoms with E-state index in [-0.39, 0.29) is 5.92 Å². The summed E-state index contributed by atoms with van der Waals surface area (Å²) in [5.74, 6) is -0.398. The highest BCUT2D eigenvalue weighted by Gasteiger charge is 2.35. The molecule has 5 heteroatoms. The fourth-order valence-corrected chi connectivity index (χ4v) is 3.60. The van der Waals surface area contributed by atoms with Crippen LogP contribution in [0.15, 0.2) is 0 Å². The van der Waals surface area contributed by atoms with E-state index in [1.165, 1.54) is 25.9 Å². The van der Waals surface area contributed by atoms with Crippen LogP contribution in [0.25, 0.3) is 0 Å². The fourth-order valence-electron chi connectivity index (χ4n) is 3.60. The van der Waals surface area contributed by atoms with E-state index in [0.717, 1.165) is 13.1 Å². The number of likely N-dealkylation sites (tertiary alicyclic amines) is 1. The molecule has 1 saturated heterocycles. The van der Waals surface area contributed by atoms with Crippen LogP contribution in [-0.2, 0) is 4.79 Å². The third-order valence-corrected chi connectivity index (χ3v) is 4.98. The van der Waals surface area contributed by atoms with Gasteiger partial charge in [0.25, 0.3) is 0 Å². The number of carboxylic acids is 1. The molecule has 1 atom stereocenters. The Bertz CT molecular complexity index is 334. The normalized spacial score (nSPS) is 32.2. The maximum atomic E-state index is 10.9. The van der Waals surface area contributed by atoms with Crippen molar-refractivity contribution in [3.8, 4) is 0 Å².